The first kappa shape index (κ1) is 12.3. The normalized spacial score (nSPS) is 11.6. The van der Waals surface area contributed by atoms with Crippen LogP contribution in [0, 0.1) is 0 Å². The summed E-state index contributed by atoms with van der Waals surface area (Å²) >= 11 is 11.0. The molecule has 0 aliphatic rings. The van der Waals surface area contributed by atoms with Gasteiger partial charge in [0.15, 0.2) is 5.78 Å². The molecule has 0 aromatic heterocycles. The topological polar surface area (TPSA) is 17.1 Å². The van der Waals surface area contributed by atoms with E-state index in [1.54, 1.807) is 0 Å². The van der Waals surface area contributed by atoms with E-state index in [-0.39, 0.29) is 10.6 Å². The SMILES string of the molecule is CC(=O)c1c(Cl)ccc(C(F)(F)F)c1Cl. The lowest BCUT2D eigenvalue weighted by atomic mass is 10.1. The van der Waals surface area contributed by atoms with E-state index < -0.39 is 22.5 Å². The van der Waals surface area contributed by atoms with Crippen molar-refractivity contribution in [3.05, 3.63) is 33.3 Å². The van der Waals surface area contributed by atoms with Gasteiger partial charge in [-0.25, -0.2) is 0 Å². The van der Waals surface area contributed by atoms with Crippen molar-refractivity contribution >= 4 is 29.0 Å². The summed E-state index contributed by atoms with van der Waals surface area (Å²) in [4.78, 5) is 11.0. The molecule has 0 saturated heterocycles. The molecule has 0 spiro atoms. The molecular weight excluding hydrogens is 252 g/mol. The van der Waals surface area contributed by atoms with Gasteiger partial charge in [-0.2, -0.15) is 13.2 Å². The van der Waals surface area contributed by atoms with Crippen LogP contribution in [0.4, 0.5) is 13.2 Å². The molecule has 0 aliphatic carbocycles. The number of hydrogen-bond donors (Lipinski definition) is 0. The Bertz CT molecular complexity index is 413. The van der Waals surface area contributed by atoms with Crippen LogP contribution in [0.15, 0.2) is 12.1 Å². The third-order valence-electron chi connectivity index (χ3n) is 1.75. The molecule has 0 amide bonds. The summed E-state index contributed by atoms with van der Waals surface area (Å²) in [6.45, 7) is 1.10. The Morgan fingerprint density at radius 1 is 1.27 bits per heavy atom. The van der Waals surface area contributed by atoms with Crippen molar-refractivity contribution in [2.45, 2.75) is 13.1 Å². The Hall–Kier alpha value is -0.740. The fourth-order valence-corrected chi connectivity index (χ4v) is 1.84. The molecule has 1 nitrogen and oxygen atoms in total. The van der Waals surface area contributed by atoms with E-state index in [2.05, 4.69) is 0 Å². The number of alkyl halides is 3. The second-order valence-electron chi connectivity index (χ2n) is 2.84. The lowest BCUT2D eigenvalue weighted by Gasteiger charge is -2.11. The Labute approximate surface area is 93.8 Å². The maximum absolute atomic E-state index is 12.4. The predicted octanol–water partition coefficient (Wildman–Crippen LogP) is 4.21. The van der Waals surface area contributed by atoms with Gasteiger partial charge in [-0.15, -0.1) is 0 Å². The van der Waals surface area contributed by atoms with Crippen molar-refractivity contribution in [2.24, 2.45) is 0 Å². The molecule has 0 aliphatic heterocycles. The first-order valence-corrected chi connectivity index (χ1v) is 4.57. The van der Waals surface area contributed by atoms with Gasteiger partial charge >= 0.3 is 6.18 Å². The summed E-state index contributed by atoms with van der Waals surface area (Å²) in [6, 6.07) is 1.75. The van der Waals surface area contributed by atoms with E-state index in [0.29, 0.717) is 0 Å². The third-order valence-corrected chi connectivity index (χ3v) is 2.46. The second-order valence-corrected chi connectivity index (χ2v) is 3.62. The average Bonchev–Trinajstić information content (AvgIpc) is 2.00. The highest BCUT2D eigenvalue weighted by Crippen LogP contribution is 2.38. The number of hydrogen-bond acceptors (Lipinski definition) is 1. The maximum Gasteiger partial charge on any atom is 0.417 e. The van der Waals surface area contributed by atoms with Crippen molar-refractivity contribution in [1.29, 1.82) is 0 Å². The number of Topliss-reactive ketones (excluding diaryl/α,β-unsaturated/α-hetero) is 1. The number of ketones is 1. The zero-order valence-corrected chi connectivity index (χ0v) is 8.96. The van der Waals surface area contributed by atoms with Crippen molar-refractivity contribution < 1.29 is 18.0 Å². The monoisotopic (exact) mass is 256 g/mol. The molecule has 0 unspecified atom stereocenters. The lowest BCUT2D eigenvalue weighted by molar-refractivity contribution is -0.137. The maximum atomic E-state index is 12.4. The quantitative estimate of drug-likeness (QED) is 0.688. The smallest absolute Gasteiger partial charge is 0.294 e. The van der Waals surface area contributed by atoms with E-state index in [1.807, 2.05) is 0 Å². The number of halogens is 5. The van der Waals surface area contributed by atoms with Crippen LogP contribution in [-0.2, 0) is 6.18 Å². The standard InChI is InChI=1S/C9H5Cl2F3O/c1-4(15)7-6(10)3-2-5(8(7)11)9(12,13)14/h2-3H,1H3. The molecule has 0 radical (unpaired) electrons. The molecule has 0 atom stereocenters. The molecular formula is C9H5Cl2F3O. The zero-order chi connectivity index (χ0) is 11.8. The molecule has 15 heavy (non-hydrogen) atoms. The van der Waals surface area contributed by atoms with Crippen LogP contribution in [0.3, 0.4) is 0 Å². The summed E-state index contributed by atoms with van der Waals surface area (Å²) in [5.74, 6) is -0.601. The fraction of sp³-hybridized carbons (Fsp3) is 0.222. The molecule has 1 rings (SSSR count). The number of carbonyl (C=O) groups is 1. The highest BCUT2D eigenvalue weighted by Gasteiger charge is 2.35. The molecule has 0 fully saturated rings. The van der Waals surface area contributed by atoms with Gasteiger partial charge in [0.05, 0.1) is 21.2 Å². The Morgan fingerprint density at radius 2 is 1.80 bits per heavy atom. The van der Waals surface area contributed by atoms with Gasteiger partial charge in [0, 0.05) is 0 Å². The molecule has 82 valence electrons. The number of rotatable bonds is 1. The Balaban J connectivity index is 3.49. The largest absolute Gasteiger partial charge is 0.417 e. The highest BCUT2D eigenvalue weighted by atomic mass is 35.5. The van der Waals surface area contributed by atoms with E-state index in [9.17, 15) is 18.0 Å². The molecule has 6 heteroatoms. The Kier molecular flexibility index (Phi) is 3.31. The van der Waals surface area contributed by atoms with Crippen molar-refractivity contribution in [1.82, 2.24) is 0 Å². The van der Waals surface area contributed by atoms with Gasteiger partial charge in [-0.1, -0.05) is 23.2 Å². The van der Waals surface area contributed by atoms with Crippen LogP contribution in [-0.4, -0.2) is 5.78 Å². The van der Waals surface area contributed by atoms with Crippen LogP contribution in [0.1, 0.15) is 22.8 Å². The van der Waals surface area contributed by atoms with E-state index >= 15 is 0 Å². The van der Waals surface area contributed by atoms with Crippen molar-refractivity contribution in [3.8, 4) is 0 Å². The van der Waals surface area contributed by atoms with E-state index in [4.69, 9.17) is 23.2 Å². The number of benzene rings is 1. The lowest BCUT2D eigenvalue weighted by Crippen LogP contribution is -2.08. The minimum absolute atomic E-state index is 0.0829. The molecule has 0 heterocycles. The summed E-state index contributed by atoms with van der Waals surface area (Å²) in [7, 11) is 0. The minimum Gasteiger partial charge on any atom is -0.294 e. The Morgan fingerprint density at radius 3 is 2.20 bits per heavy atom. The minimum atomic E-state index is -4.59. The second kappa shape index (κ2) is 4.02. The molecule has 0 N–H and O–H groups in total. The summed E-state index contributed by atoms with van der Waals surface area (Å²) in [6.07, 6.45) is -4.59. The van der Waals surface area contributed by atoms with Gasteiger partial charge < -0.3 is 0 Å². The van der Waals surface area contributed by atoms with Crippen LogP contribution in [0.2, 0.25) is 10.0 Å². The van der Waals surface area contributed by atoms with E-state index in [0.717, 1.165) is 19.1 Å². The molecule has 1 aromatic carbocycles. The summed E-state index contributed by atoms with van der Waals surface area (Å²) < 4.78 is 37.2. The molecule has 0 saturated carbocycles. The molecule has 1 aromatic rings. The zero-order valence-electron chi connectivity index (χ0n) is 7.45. The number of carbonyl (C=O) groups excluding carboxylic acids is 1. The van der Waals surface area contributed by atoms with Gasteiger partial charge in [0.2, 0.25) is 0 Å². The third kappa shape index (κ3) is 2.44. The van der Waals surface area contributed by atoms with Gasteiger partial charge in [-0.3, -0.25) is 4.79 Å². The van der Waals surface area contributed by atoms with Crippen LogP contribution in [0.5, 0.6) is 0 Å². The van der Waals surface area contributed by atoms with Gasteiger partial charge in [0.25, 0.3) is 0 Å². The predicted molar refractivity (Wildman–Crippen MR) is 51.5 cm³/mol. The first-order valence-electron chi connectivity index (χ1n) is 3.81. The van der Waals surface area contributed by atoms with Crippen molar-refractivity contribution in [2.75, 3.05) is 0 Å². The first-order chi connectivity index (χ1) is 6.75. The summed E-state index contributed by atoms with van der Waals surface area (Å²) in [5, 5.41) is -0.733. The van der Waals surface area contributed by atoms with Gasteiger partial charge in [-0.05, 0) is 19.1 Å². The van der Waals surface area contributed by atoms with Crippen LogP contribution >= 0.6 is 23.2 Å². The summed E-state index contributed by atoms with van der Waals surface area (Å²) in [5.41, 5.74) is -1.35. The highest BCUT2D eigenvalue weighted by molar-refractivity contribution is 6.40. The van der Waals surface area contributed by atoms with E-state index in [1.165, 1.54) is 0 Å². The fourth-order valence-electron chi connectivity index (χ4n) is 1.09. The molecule has 0 bridgehead atoms. The van der Waals surface area contributed by atoms with Gasteiger partial charge in [0.1, 0.15) is 0 Å². The van der Waals surface area contributed by atoms with Crippen molar-refractivity contribution in [3.63, 3.8) is 0 Å². The average molecular weight is 257 g/mol. The van der Waals surface area contributed by atoms with Crippen LogP contribution in [0.25, 0.3) is 0 Å². The van der Waals surface area contributed by atoms with Crippen LogP contribution < -0.4 is 0 Å².